The number of nitrogens with zero attached hydrogens (tertiary/aromatic N) is 1. The molecule has 0 bridgehead atoms. The summed E-state index contributed by atoms with van der Waals surface area (Å²) >= 11 is 1.37. The van der Waals surface area contributed by atoms with E-state index in [0.717, 1.165) is 49.4 Å². The summed E-state index contributed by atoms with van der Waals surface area (Å²) in [6, 6.07) is 12.2. The number of amides is 2. The molecule has 0 aliphatic heterocycles. The Morgan fingerprint density at radius 3 is 2.30 bits per heavy atom. The van der Waals surface area contributed by atoms with Gasteiger partial charge in [0, 0.05) is 11.1 Å². The van der Waals surface area contributed by atoms with E-state index in [0.29, 0.717) is 0 Å². The van der Waals surface area contributed by atoms with Crippen LogP contribution < -0.4 is 10.6 Å². The lowest BCUT2D eigenvalue weighted by Crippen LogP contribution is -2.34. The van der Waals surface area contributed by atoms with E-state index < -0.39 is 0 Å². The molecule has 2 amide bonds. The van der Waals surface area contributed by atoms with Gasteiger partial charge in [-0.25, -0.2) is 4.98 Å². The summed E-state index contributed by atoms with van der Waals surface area (Å²) in [7, 11) is 0. The van der Waals surface area contributed by atoms with Gasteiger partial charge in [0.2, 0.25) is 11.8 Å². The van der Waals surface area contributed by atoms with Gasteiger partial charge in [0.25, 0.3) is 0 Å². The third-order valence-electron chi connectivity index (χ3n) is 4.96. The molecule has 156 valence electrons. The minimum Gasteiger partial charge on any atom is -0.346 e. The second-order valence-electron chi connectivity index (χ2n) is 7.64. The topological polar surface area (TPSA) is 71.1 Å². The summed E-state index contributed by atoms with van der Waals surface area (Å²) in [6.07, 6.45) is 0. The molecule has 0 atom stereocenters. The summed E-state index contributed by atoms with van der Waals surface area (Å²) in [5, 5.41) is 7.52. The highest BCUT2D eigenvalue weighted by Gasteiger charge is 2.11. The number of hydrogen-bond donors (Lipinski definition) is 2. The van der Waals surface area contributed by atoms with Crippen molar-refractivity contribution in [2.75, 3.05) is 17.6 Å². The van der Waals surface area contributed by atoms with E-state index in [1.165, 1.54) is 11.8 Å². The van der Waals surface area contributed by atoms with Crippen molar-refractivity contribution in [1.29, 1.82) is 0 Å². The molecule has 0 aliphatic rings. The van der Waals surface area contributed by atoms with Crippen LogP contribution in [0.4, 0.5) is 5.69 Å². The van der Waals surface area contributed by atoms with Gasteiger partial charge in [-0.15, -0.1) is 0 Å². The second-order valence-corrected chi connectivity index (χ2v) is 8.63. The molecule has 6 heteroatoms. The Kier molecular flexibility index (Phi) is 6.77. The lowest BCUT2D eigenvalue weighted by molar-refractivity contribution is -0.122. The van der Waals surface area contributed by atoms with E-state index in [-0.39, 0.29) is 24.1 Å². The predicted octanol–water partition coefficient (Wildman–Crippen LogP) is 4.62. The minimum absolute atomic E-state index is 0.0601. The normalized spacial score (nSPS) is 10.8. The number of hydrogen-bond acceptors (Lipinski definition) is 4. The Bertz CT molecular complexity index is 1100. The van der Waals surface area contributed by atoms with Crippen molar-refractivity contribution in [1.82, 2.24) is 10.3 Å². The molecule has 1 heterocycles. The van der Waals surface area contributed by atoms with Crippen LogP contribution >= 0.6 is 11.8 Å². The van der Waals surface area contributed by atoms with E-state index in [9.17, 15) is 9.59 Å². The smallest absolute Gasteiger partial charge is 0.243 e. The van der Waals surface area contributed by atoms with Crippen molar-refractivity contribution in [2.24, 2.45) is 0 Å². The van der Waals surface area contributed by atoms with Crippen LogP contribution in [0.2, 0.25) is 0 Å². The molecule has 0 saturated carbocycles. The number of benzene rings is 2. The highest BCUT2D eigenvalue weighted by molar-refractivity contribution is 7.99. The van der Waals surface area contributed by atoms with Crippen LogP contribution in [0.25, 0.3) is 10.9 Å². The number of nitrogens with one attached hydrogen (secondary N) is 2. The van der Waals surface area contributed by atoms with Crippen molar-refractivity contribution in [3.05, 3.63) is 64.2 Å². The molecule has 0 aliphatic carbocycles. The predicted molar refractivity (Wildman–Crippen MR) is 124 cm³/mol. The van der Waals surface area contributed by atoms with Gasteiger partial charge >= 0.3 is 0 Å². The van der Waals surface area contributed by atoms with Gasteiger partial charge in [-0.3, -0.25) is 9.59 Å². The Morgan fingerprint density at radius 1 is 0.900 bits per heavy atom. The highest BCUT2D eigenvalue weighted by atomic mass is 32.2. The quantitative estimate of drug-likeness (QED) is 0.570. The van der Waals surface area contributed by atoms with E-state index in [1.807, 2.05) is 65.0 Å². The molecule has 1 aromatic heterocycles. The summed E-state index contributed by atoms with van der Waals surface area (Å²) in [5.74, 6) is -0.227. The Balaban J connectivity index is 1.55. The van der Waals surface area contributed by atoms with Gasteiger partial charge in [-0.05, 0) is 62.9 Å². The Hall–Kier alpha value is -2.86. The Morgan fingerprint density at radius 2 is 1.60 bits per heavy atom. The van der Waals surface area contributed by atoms with E-state index in [1.54, 1.807) is 0 Å². The zero-order valence-electron chi connectivity index (χ0n) is 18.1. The van der Waals surface area contributed by atoms with E-state index in [2.05, 4.69) is 21.7 Å². The summed E-state index contributed by atoms with van der Waals surface area (Å²) in [6.45, 7) is 9.97. The molecule has 0 radical (unpaired) electrons. The average molecular weight is 422 g/mol. The molecule has 2 N–H and O–H groups in total. The molecule has 30 heavy (non-hydrogen) atoms. The van der Waals surface area contributed by atoms with Crippen molar-refractivity contribution in [3.63, 3.8) is 0 Å². The monoisotopic (exact) mass is 421 g/mol. The number of carbonyl (C=O) groups is 2. The molecule has 0 spiro atoms. The van der Waals surface area contributed by atoms with Crippen LogP contribution in [0.5, 0.6) is 0 Å². The largest absolute Gasteiger partial charge is 0.346 e. The first-order valence-electron chi connectivity index (χ1n) is 9.88. The molecule has 2 aromatic carbocycles. The van der Waals surface area contributed by atoms with Crippen molar-refractivity contribution < 1.29 is 9.59 Å². The third kappa shape index (κ3) is 5.19. The fourth-order valence-electron chi connectivity index (χ4n) is 3.54. The first-order valence-corrected chi connectivity index (χ1v) is 10.9. The molecule has 3 aromatic rings. The Labute approximate surface area is 181 Å². The fraction of sp³-hybridized carbons (Fsp3) is 0.292. The first kappa shape index (κ1) is 21.8. The lowest BCUT2D eigenvalue weighted by atomic mass is 10.1. The molecule has 0 fully saturated rings. The van der Waals surface area contributed by atoms with Crippen LogP contribution in [-0.2, 0) is 9.59 Å². The van der Waals surface area contributed by atoms with Crippen LogP contribution in [0.15, 0.2) is 41.4 Å². The molecule has 0 saturated heterocycles. The van der Waals surface area contributed by atoms with Gasteiger partial charge < -0.3 is 10.6 Å². The SMILES string of the molecule is Cc1cc(C)c(NC(=O)CNC(=O)CSc2cc(C)c3cccc(C)c3n2)c(C)c1. The van der Waals surface area contributed by atoms with Crippen LogP contribution in [0.3, 0.4) is 0 Å². The maximum absolute atomic E-state index is 12.3. The van der Waals surface area contributed by atoms with Gasteiger partial charge in [-0.2, -0.15) is 0 Å². The number of anilines is 1. The third-order valence-corrected chi connectivity index (χ3v) is 5.87. The number of fused-ring (bicyclic) bond motifs is 1. The molecule has 0 unspecified atom stereocenters. The molecule has 5 nitrogen and oxygen atoms in total. The number of pyridine rings is 1. The highest BCUT2D eigenvalue weighted by Crippen LogP contribution is 2.25. The number of para-hydroxylation sites is 1. The van der Waals surface area contributed by atoms with Gasteiger partial charge in [0.1, 0.15) is 0 Å². The number of thioether (sulfide) groups is 1. The summed E-state index contributed by atoms with van der Waals surface area (Å²) in [4.78, 5) is 29.2. The summed E-state index contributed by atoms with van der Waals surface area (Å²) in [5.41, 5.74) is 7.19. The molecule has 3 rings (SSSR count). The maximum Gasteiger partial charge on any atom is 0.243 e. The van der Waals surface area contributed by atoms with E-state index >= 15 is 0 Å². The van der Waals surface area contributed by atoms with E-state index in [4.69, 9.17) is 0 Å². The zero-order valence-corrected chi connectivity index (χ0v) is 18.9. The minimum atomic E-state index is -0.237. The number of rotatable bonds is 6. The number of aromatic nitrogens is 1. The molecular formula is C24H27N3O2S. The number of carbonyl (C=O) groups excluding carboxylic acids is 2. The van der Waals surface area contributed by atoms with Gasteiger partial charge in [0.15, 0.2) is 0 Å². The van der Waals surface area contributed by atoms with Crippen LogP contribution in [-0.4, -0.2) is 29.1 Å². The van der Waals surface area contributed by atoms with Gasteiger partial charge in [0.05, 0.1) is 22.8 Å². The number of aryl methyl sites for hydroxylation is 5. The first-order chi connectivity index (χ1) is 14.2. The fourth-order valence-corrected chi connectivity index (χ4v) is 4.33. The van der Waals surface area contributed by atoms with Crippen LogP contribution in [0.1, 0.15) is 27.8 Å². The lowest BCUT2D eigenvalue weighted by Gasteiger charge is -2.13. The van der Waals surface area contributed by atoms with Gasteiger partial charge in [-0.1, -0.05) is 47.7 Å². The van der Waals surface area contributed by atoms with Crippen molar-refractivity contribution in [3.8, 4) is 0 Å². The van der Waals surface area contributed by atoms with Crippen LogP contribution in [0, 0.1) is 34.6 Å². The second kappa shape index (κ2) is 9.30. The van der Waals surface area contributed by atoms with Crippen molar-refractivity contribution >= 4 is 40.2 Å². The maximum atomic E-state index is 12.3. The standard InChI is InChI=1S/C24H27N3O2S/c1-14-9-17(4)23(18(5)10-14)26-20(28)12-25-21(29)13-30-22-11-16(3)19-8-6-7-15(2)24(19)27-22/h6-11H,12-13H2,1-5H3,(H,25,29)(H,26,28). The molecular weight excluding hydrogens is 394 g/mol. The summed E-state index contributed by atoms with van der Waals surface area (Å²) < 4.78 is 0. The van der Waals surface area contributed by atoms with Crippen molar-refractivity contribution in [2.45, 2.75) is 39.6 Å². The average Bonchev–Trinajstić information content (AvgIpc) is 2.68. The zero-order chi connectivity index (χ0) is 21.8.